The van der Waals surface area contributed by atoms with E-state index in [4.69, 9.17) is 0 Å². The number of aromatic hydroxyl groups is 2. The Hall–Kier alpha value is -5.79. The van der Waals surface area contributed by atoms with Gasteiger partial charge in [0.15, 0.2) is 0 Å². The summed E-state index contributed by atoms with van der Waals surface area (Å²) in [6, 6.07) is 0.713. The Labute approximate surface area is 399 Å². The lowest BCUT2D eigenvalue weighted by Crippen LogP contribution is -2.57. The summed E-state index contributed by atoms with van der Waals surface area (Å²) < 4.78 is 0. The molecule has 19 heteroatoms. The number of fused-ring (bicyclic) bond motifs is 5. The zero-order chi connectivity index (χ0) is 50.3. The van der Waals surface area contributed by atoms with Crippen molar-refractivity contribution in [2.24, 2.45) is 0 Å². The highest BCUT2D eigenvalue weighted by atomic mass is 16.3. The van der Waals surface area contributed by atoms with Gasteiger partial charge in [-0.1, -0.05) is 96.1 Å². The van der Waals surface area contributed by atoms with E-state index in [1.54, 1.807) is 0 Å². The lowest BCUT2D eigenvalue weighted by molar-refractivity contribution is -0.142. The van der Waals surface area contributed by atoms with Crippen LogP contribution in [-0.4, -0.2) is 147 Å². The molecular formula is C49H75N7O12. The van der Waals surface area contributed by atoms with Crippen molar-refractivity contribution >= 4 is 41.4 Å². The van der Waals surface area contributed by atoms with Gasteiger partial charge in [0, 0.05) is 38.1 Å². The number of benzene rings is 2. The number of aliphatic hydroxyl groups excluding tert-OH is 3. The van der Waals surface area contributed by atoms with Crippen molar-refractivity contribution in [3.63, 3.8) is 0 Å². The Morgan fingerprint density at radius 3 is 1.84 bits per heavy atom. The minimum absolute atomic E-state index is 0.0576. The van der Waals surface area contributed by atoms with Crippen LogP contribution in [-0.2, 0) is 40.0 Å². The van der Waals surface area contributed by atoms with Crippen molar-refractivity contribution < 1.29 is 59.1 Å². The van der Waals surface area contributed by atoms with Crippen molar-refractivity contribution in [2.45, 2.75) is 153 Å². The van der Waals surface area contributed by atoms with E-state index in [2.05, 4.69) is 33.5 Å². The number of likely N-dealkylation sites (N-methyl/N-ethyl adjacent to an activating group) is 2. The topological polar surface area (TPSA) is 287 Å². The van der Waals surface area contributed by atoms with Crippen LogP contribution in [0.3, 0.4) is 0 Å². The molecule has 1 aliphatic heterocycles. The summed E-state index contributed by atoms with van der Waals surface area (Å²) >= 11 is 0. The molecule has 68 heavy (non-hydrogen) atoms. The second kappa shape index (κ2) is 29.2. The monoisotopic (exact) mass is 954 g/mol. The fraction of sp³-hybridized carbons (Fsp3) is 0.612. The van der Waals surface area contributed by atoms with E-state index in [-0.39, 0.29) is 46.9 Å². The molecule has 2 aromatic carbocycles. The number of phenols is 2. The van der Waals surface area contributed by atoms with Gasteiger partial charge in [-0.05, 0) is 55.7 Å². The maximum atomic E-state index is 14.1. The molecule has 0 aliphatic carbocycles. The molecule has 0 aromatic heterocycles. The number of nitrogens with one attached hydrogen (secondary N) is 5. The van der Waals surface area contributed by atoms with Crippen LogP contribution in [0.1, 0.15) is 128 Å². The Bertz CT molecular complexity index is 2000. The van der Waals surface area contributed by atoms with Crippen LogP contribution in [0.4, 0.5) is 0 Å². The first-order valence-electron chi connectivity index (χ1n) is 24.0. The summed E-state index contributed by atoms with van der Waals surface area (Å²) in [5.74, 6) is -5.69. The quantitative estimate of drug-likeness (QED) is 0.0608. The van der Waals surface area contributed by atoms with Crippen molar-refractivity contribution in [1.82, 2.24) is 36.4 Å². The third kappa shape index (κ3) is 17.4. The molecule has 4 bridgehead atoms. The van der Waals surface area contributed by atoms with Crippen molar-refractivity contribution in [1.29, 1.82) is 0 Å². The molecule has 0 radical (unpaired) electrons. The average molecular weight is 954 g/mol. The highest BCUT2D eigenvalue weighted by Crippen LogP contribution is 2.38. The molecule has 0 spiro atoms. The molecule has 2 aromatic rings. The number of nitrogens with zero attached hydrogens (tertiary/aromatic N) is 2. The van der Waals surface area contributed by atoms with Gasteiger partial charge in [-0.2, -0.15) is 0 Å². The van der Waals surface area contributed by atoms with Gasteiger partial charge in [0.1, 0.15) is 41.7 Å². The lowest BCUT2D eigenvalue weighted by atomic mass is 9.93. The van der Waals surface area contributed by atoms with Gasteiger partial charge in [0.05, 0.1) is 32.4 Å². The highest BCUT2D eigenvalue weighted by Gasteiger charge is 2.34. The Balaban J connectivity index is 1.65. The van der Waals surface area contributed by atoms with Crippen molar-refractivity contribution in [3.8, 4) is 22.6 Å². The summed E-state index contributed by atoms with van der Waals surface area (Å²) in [5.41, 5.74) is 0.722. The van der Waals surface area contributed by atoms with E-state index < -0.39 is 98.1 Å². The van der Waals surface area contributed by atoms with Crippen LogP contribution in [0.15, 0.2) is 36.4 Å². The van der Waals surface area contributed by atoms with E-state index in [0.717, 1.165) is 29.1 Å². The Kier molecular flexibility index (Phi) is 24.3. The zero-order valence-electron chi connectivity index (χ0n) is 40.4. The number of hydrogen-bond acceptors (Lipinski definition) is 12. The average Bonchev–Trinajstić information content (AvgIpc) is 3.31. The summed E-state index contributed by atoms with van der Waals surface area (Å²) in [5, 5.41) is 63.6. The fourth-order valence-electron chi connectivity index (χ4n) is 7.95. The van der Waals surface area contributed by atoms with Crippen LogP contribution in [0, 0.1) is 0 Å². The molecule has 0 fully saturated rings. The number of unbranched alkanes of at least 4 members (excludes halogenated alkanes) is 12. The Morgan fingerprint density at radius 2 is 1.26 bits per heavy atom. The number of carbonyl (C=O) groups excluding carboxylic acids is 7. The van der Waals surface area contributed by atoms with Crippen LogP contribution >= 0.6 is 0 Å². The first kappa shape index (κ1) is 56.5. The molecule has 5 unspecified atom stereocenters. The highest BCUT2D eigenvalue weighted by molar-refractivity contribution is 5.97. The molecule has 7 amide bonds. The van der Waals surface area contributed by atoms with Crippen LogP contribution in [0.2, 0.25) is 0 Å². The zero-order valence-corrected chi connectivity index (χ0v) is 40.4. The van der Waals surface area contributed by atoms with Gasteiger partial charge in [0.2, 0.25) is 41.4 Å². The third-order valence-electron chi connectivity index (χ3n) is 12.3. The van der Waals surface area contributed by atoms with Gasteiger partial charge < -0.3 is 61.9 Å². The smallest absolute Gasteiger partial charge is 0.248 e. The number of hydrogen-bond donors (Lipinski definition) is 10. The normalized spacial score (nSPS) is 16.9. The molecule has 0 saturated carbocycles. The molecule has 1 heterocycles. The molecule has 10 N–H and O–H groups in total. The van der Waals surface area contributed by atoms with E-state index in [1.165, 1.54) is 122 Å². The predicted molar refractivity (Wildman–Crippen MR) is 255 cm³/mol. The maximum Gasteiger partial charge on any atom is 0.248 e. The van der Waals surface area contributed by atoms with Gasteiger partial charge in [-0.25, -0.2) is 0 Å². The first-order chi connectivity index (χ1) is 32.5. The largest absolute Gasteiger partial charge is 0.507 e. The number of amides is 7. The number of aliphatic hydroxyl groups is 3. The van der Waals surface area contributed by atoms with Crippen molar-refractivity contribution in [3.05, 3.63) is 47.5 Å². The molecular weight excluding hydrogens is 879 g/mol. The number of carbonyl (C=O) groups is 7. The van der Waals surface area contributed by atoms with Gasteiger partial charge in [0.25, 0.3) is 0 Å². The van der Waals surface area contributed by atoms with E-state index >= 15 is 0 Å². The Morgan fingerprint density at radius 1 is 0.706 bits per heavy atom. The summed E-state index contributed by atoms with van der Waals surface area (Å²) in [4.78, 5) is 96.2. The van der Waals surface area contributed by atoms with Crippen LogP contribution in [0.25, 0.3) is 11.1 Å². The minimum Gasteiger partial charge on any atom is -0.507 e. The number of phenolic OH excluding ortho intramolecular Hbond substituents is 2. The van der Waals surface area contributed by atoms with E-state index in [9.17, 15) is 59.1 Å². The molecule has 1 aliphatic rings. The van der Waals surface area contributed by atoms with Gasteiger partial charge in [-0.3, -0.25) is 33.6 Å². The summed E-state index contributed by atoms with van der Waals surface area (Å²) in [7, 11) is 2.69. The third-order valence-corrected chi connectivity index (χ3v) is 12.3. The van der Waals surface area contributed by atoms with E-state index in [1.807, 2.05) is 0 Å². The summed E-state index contributed by atoms with van der Waals surface area (Å²) in [6.45, 7) is 2.39. The first-order valence-corrected chi connectivity index (χ1v) is 24.0. The lowest BCUT2D eigenvalue weighted by Gasteiger charge is -2.30. The molecule has 378 valence electrons. The fourth-order valence-corrected chi connectivity index (χ4v) is 7.95. The maximum absolute atomic E-state index is 14.1. The predicted octanol–water partition coefficient (Wildman–Crippen LogP) is 2.20. The molecule has 5 atom stereocenters. The molecule has 3 rings (SSSR count). The van der Waals surface area contributed by atoms with Crippen LogP contribution < -0.4 is 26.6 Å². The van der Waals surface area contributed by atoms with Crippen LogP contribution in [0.5, 0.6) is 11.5 Å². The molecule has 19 nitrogen and oxygen atoms in total. The van der Waals surface area contributed by atoms with E-state index in [0.29, 0.717) is 12.0 Å². The van der Waals surface area contributed by atoms with Gasteiger partial charge in [-0.15, -0.1) is 0 Å². The second-order valence-electron chi connectivity index (χ2n) is 17.7. The summed E-state index contributed by atoms with van der Waals surface area (Å²) in [6.07, 6.45) is 15.1. The van der Waals surface area contributed by atoms with Gasteiger partial charge >= 0.3 is 0 Å². The van der Waals surface area contributed by atoms with Crippen molar-refractivity contribution in [2.75, 3.05) is 40.5 Å². The minimum atomic E-state index is -1.49. The second-order valence-corrected chi connectivity index (χ2v) is 17.7. The standard InChI is InChI=1S/C49H75N7O12/c1-6-7-8-9-10-11-12-13-14-15-16-17-18-19-42(62)55(4)39(30-59)48(67)51-31(2)45(64)50-27-43(63)56(5)44-34-21-23-41(61)37(26-34)36-24-33(20-22-40(36)60)25-38(47(66)53-35(28-57)29-58)54-46(65)32(3)52-49(44)68/h20-24,26,31-32,35,38-39,44,57-61H,6-19,25,27-30H2,1-5H3,(H,50,64)(H,51,67)(H,52,68)(H,53,66)(H,54,65). The molecule has 0 saturated heterocycles. The SMILES string of the molecule is CCCCCCCCCCCCCCCC(=O)N(C)C(CO)C(=O)NC(C)C(=O)NCC(=O)N(C)C1C(=O)NC(C)C(=O)NC(C(=O)NC(CO)CO)Cc2ccc(O)c(c2)-c2cc1ccc2O. The number of rotatable bonds is 26.